The zero-order valence-electron chi connectivity index (χ0n) is 11.3. The molecule has 1 unspecified atom stereocenters. The van der Waals surface area contributed by atoms with Gasteiger partial charge < -0.3 is 5.32 Å². The van der Waals surface area contributed by atoms with E-state index in [2.05, 4.69) is 75.8 Å². The molecule has 0 heterocycles. The average molecular weight is 318 g/mol. The summed E-state index contributed by atoms with van der Waals surface area (Å²) >= 11 is 3.48. The molecule has 0 saturated carbocycles. The highest BCUT2D eigenvalue weighted by Gasteiger charge is 2.10. The summed E-state index contributed by atoms with van der Waals surface area (Å²) in [5.74, 6) is 0.579. The van der Waals surface area contributed by atoms with Crippen LogP contribution in [0.2, 0.25) is 0 Å². The van der Waals surface area contributed by atoms with E-state index in [9.17, 15) is 0 Å². The first-order valence-corrected chi connectivity index (χ1v) is 7.53. The predicted molar refractivity (Wildman–Crippen MR) is 85.6 cm³/mol. The van der Waals surface area contributed by atoms with Gasteiger partial charge in [0.1, 0.15) is 0 Å². The second kappa shape index (κ2) is 7.46. The first-order valence-electron chi connectivity index (χ1n) is 6.73. The highest BCUT2D eigenvalue weighted by molar-refractivity contribution is 9.10. The van der Waals surface area contributed by atoms with E-state index >= 15 is 0 Å². The predicted octanol–water partition coefficient (Wildman–Crippen LogP) is 4.38. The molecule has 2 aromatic carbocycles. The van der Waals surface area contributed by atoms with E-state index in [4.69, 9.17) is 0 Å². The molecule has 0 spiro atoms. The SMILES string of the molecule is CNCC(CCc1ccc(Br)cc1)c1ccccc1. The molecule has 100 valence electrons. The van der Waals surface area contributed by atoms with Gasteiger partial charge in [-0.15, -0.1) is 0 Å². The molecule has 1 nitrogen and oxygen atoms in total. The molecule has 0 amide bonds. The Balaban J connectivity index is 1.99. The fourth-order valence-corrected chi connectivity index (χ4v) is 2.61. The molecular weight excluding hydrogens is 298 g/mol. The lowest BCUT2D eigenvalue weighted by Gasteiger charge is -2.17. The number of rotatable bonds is 6. The third kappa shape index (κ3) is 4.48. The van der Waals surface area contributed by atoms with Crippen molar-refractivity contribution >= 4 is 15.9 Å². The van der Waals surface area contributed by atoms with Crippen LogP contribution in [0.1, 0.15) is 23.5 Å². The third-order valence-electron chi connectivity index (χ3n) is 3.42. The molecule has 0 saturated heterocycles. The highest BCUT2D eigenvalue weighted by atomic mass is 79.9. The van der Waals surface area contributed by atoms with E-state index < -0.39 is 0 Å². The molecule has 0 fully saturated rings. The maximum Gasteiger partial charge on any atom is 0.0175 e. The Morgan fingerprint density at radius 3 is 2.32 bits per heavy atom. The van der Waals surface area contributed by atoms with E-state index in [1.807, 2.05) is 7.05 Å². The van der Waals surface area contributed by atoms with E-state index in [-0.39, 0.29) is 0 Å². The van der Waals surface area contributed by atoms with Crippen LogP contribution >= 0.6 is 15.9 Å². The number of benzene rings is 2. The third-order valence-corrected chi connectivity index (χ3v) is 3.94. The molecule has 0 aliphatic heterocycles. The van der Waals surface area contributed by atoms with Crippen molar-refractivity contribution in [2.24, 2.45) is 0 Å². The van der Waals surface area contributed by atoms with E-state index in [1.54, 1.807) is 0 Å². The van der Waals surface area contributed by atoms with Gasteiger partial charge in [0, 0.05) is 11.0 Å². The Hall–Kier alpha value is -1.12. The molecule has 0 aliphatic carbocycles. The summed E-state index contributed by atoms with van der Waals surface area (Å²) < 4.78 is 1.14. The van der Waals surface area contributed by atoms with Crippen molar-refractivity contribution in [3.63, 3.8) is 0 Å². The van der Waals surface area contributed by atoms with Gasteiger partial charge in [0.25, 0.3) is 0 Å². The summed E-state index contributed by atoms with van der Waals surface area (Å²) in [6.45, 7) is 1.03. The van der Waals surface area contributed by atoms with Crippen LogP contribution in [0.15, 0.2) is 59.1 Å². The minimum absolute atomic E-state index is 0.579. The molecule has 0 bridgehead atoms. The average Bonchev–Trinajstić information content (AvgIpc) is 2.46. The number of aryl methyl sites for hydroxylation is 1. The Morgan fingerprint density at radius 1 is 1.00 bits per heavy atom. The van der Waals surface area contributed by atoms with Gasteiger partial charge in [-0.1, -0.05) is 58.4 Å². The highest BCUT2D eigenvalue weighted by Crippen LogP contribution is 2.21. The zero-order valence-corrected chi connectivity index (χ0v) is 12.9. The summed E-state index contributed by atoms with van der Waals surface area (Å²) in [4.78, 5) is 0. The van der Waals surface area contributed by atoms with Gasteiger partial charge >= 0.3 is 0 Å². The van der Waals surface area contributed by atoms with Crippen LogP contribution < -0.4 is 5.32 Å². The lowest BCUT2D eigenvalue weighted by molar-refractivity contribution is 0.584. The van der Waals surface area contributed by atoms with Crippen molar-refractivity contribution in [1.29, 1.82) is 0 Å². The monoisotopic (exact) mass is 317 g/mol. The first kappa shape index (κ1) is 14.3. The van der Waals surface area contributed by atoms with Crippen molar-refractivity contribution in [3.8, 4) is 0 Å². The lowest BCUT2D eigenvalue weighted by atomic mass is 9.92. The Morgan fingerprint density at radius 2 is 1.68 bits per heavy atom. The molecule has 1 N–H and O–H groups in total. The quantitative estimate of drug-likeness (QED) is 0.833. The van der Waals surface area contributed by atoms with Gasteiger partial charge in [0.2, 0.25) is 0 Å². The minimum atomic E-state index is 0.579. The minimum Gasteiger partial charge on any atom is -0.319 e. The number of nitrogens with one attached hydrogen (secondary N) is 1. The first-order chi connectivity index (χ1) is 9.29. The second-order valence-electron chi connectivity index (χ2n) is 4.83. The Kier molecular flexibility index (Phi) is 5.62. The summed E-state index contributed by atoms with van der Waals surface area (Å²) in [6, 6.07) is 19.4. The summed E-state index contributed by atoms with van der Waals surface area (Å²) in [6.07, 6.45) is 2.29. The van der Waals surface area contributed by atoms with Gasteiger partial charge in [0.15, 0.2) is 0 Å². The fraction of sp³-hybridized carbons (Fsp3) is 0.294. The van der Waals surface area contributed by atoms with Crippen LogP contribution in [0.25, 0.3) is 0 Å². The molecule has 2 rings (SSSR count). The molecule has 0 aromatic heterocycles. The van der Waals surface area contributed by atoms with Crippen LogP contribution in [-0.4, -0.2) is 13.6 Å². The van der Waals surface area contributed by atoms with Crippen LogP contribution in [0.3, 0.4) is 0 Å². The number of likely N-dealkylation sites (N-methyl/N-ethyl adjacent to an activating group) is 1. The van der Waals surface area contributed by atoms with Crippen LogP contribution in [0.4, 0.5) is 0 Å². The normalized spacial score (nSPS) is 12.3. The summed E-state index contributed by atoms with van der Waals surface area (Å²) in [5, 5.41) is 3.30. The van der Waals surface area contributed by atoms with Crippen molar-refractivity contribution in [2.45, 2.75) is 18.8 Å². The van der Waals surface area contributed by atoms with Crippen LogP contribution in [0.5, 0.6) is 0 Å². The number of hydrogen-bond acceptors (Lipinski definition) is 1. The van der Waals surface area contributed by atoms with Gasteiger partial charge in [-0.05, 0) is 49.1 Å². The molecule has 0 aliphatic rings. The lowest BCUT2D eigenvalue weighted by Crippen LogP contribution is -2.17. The van der Waals surface area contributed by atoms with Crippen molar-refractivity contribution in [2.75, 3.05) is 13.6 Å². The molecule has 2 aromatic rings. The largest absolute Gasteiger partial charge is 0.319 e. The van der Waals surface area contributed by atoms with E-state index in [0.717, 1.165) is 17.4 Å². The van der Waals surface area contributed by atoms with E-state index in [0.29, 0.717) is 5.92 Å². The van der Waals surface area contributed by atoms with Gasteiger partial charge in [-0.3, -0.25) is 0 Å². The second-order valence-corrected chi connectivity index (χ2v) is 5.75. The smallest absolute Gasteiger partial charge is 0.0175 e. The molecule has 1 atom stereocenters. The maximum atomic E-state index is 3.48. The van der Waals surface area contributed by atoms with Crippen molar-refractivity contribution < 1.29 is 0 Å². The summed E-state index contributed by atoms with van der Waals surface area (Å²) in [7, 11) is 2.02. The maximum absolute atomic E-state index is 3.48. The molecule has 19 heavy (non-hydrogen) atoms. The zero-order chi connectivity index (χ0) is 13.5. The Labute approximate surface area is 124 Å². The molecule has 2 heteroatoms. The standard InChI is InChI=1S/C17H20BrN/c1-19-13-16(15-5-3-2-4-6-15)10-7-14-8-11-17(18)12-9-14/h2-6,8-9,11-12,16,19H,7,10,13H2,1H3. The summed E-state index contributed by atoms with van der Waals surface area (Å²) in [5.41, 5.74) is 2.83. The van der Waals surface area contributed by atoms with Crippen LogP contribution in [0, 0.1) is 0 Å². The van der Waals surface area contributed by atoms with Gasteiger partial charge in [0.05, 0.1) is 0 Å². The van der Waals surface area contributed by atoms with Crippen molar-refractivity contribution in [1.82, 2.24) is 5.32 Å². The number of hydrogen-bond donors (Lipinski definition) is 1. The topological polar surface area (TPSA) is 12.0 Å². The van der Waals surface area contributed by atoms with Gasteiger partial charge in [-0.25, -0.2) is 0 Å². The molecular formula is C17H20BrN. The van der Waals surface area contributed by atoms with E-state index in [1.165, 1.54) is 17.5 Å². The van der Waals surface area contributed by atoms with Crippen molar-refractivity contribution in [3.05, 3.63) is 70.2 Å². The number of halogens is 1. The Bertz CT molecular complexity index is 478. The van der Waals surface area contributed by atoms with Gasteiger partial charge in [-0.2, -0.15) is 0 Å². The van der Waals surface area contributed by atoms with Crippen LogP contribution in [-0.2, 0) is 6.42 Å². The molecule has 0 radical (unpaired) electrons. The fourth-order valence-electron chi connectivity index (χ4n) is 2.35.